The molecular weight excluding hydrogens is 204 g/mol. The van der Waals surface area contributed by atoms with Crippen molar-refractivity contribution in [3.63, 3.8) is 0 Å². The molecule has 0 amide bonds. The van der Waals surface area contributed by atoms with E-state index in [0.717, 1.165) is 24.5 Å². The lowest BCUT2D eigenvalue weighted by Gasteiger charge is -2.42. The molecule has 2 heterocycles. The summed E-state index contributed by atoms with van der Waals surface area (Å²) in [6.45, 7) is 5.40. The molecule has 0 radical (unpaired) electrons. The number of pyridine rings is 1. The van der Waals surface area contributed by atoms with Gasteiger partial charge in [-0.1, -0.05) is 6.92 Å². The minimum Gasteiger partial charge on any atom is -0.481 e. The standard InChI is InChI=1S/C12H16N2O2/c1-8-5-11(3-4-13-8)14-6-10(7-14)9(2)12(15)16/h3-5,9-10H,6-7H2,1-2H3,(H,15,16). The summed E-state index contributed by atoms with van der Waals surface area (Å²) in [6.07, 6.45) is 1.79. The average Bonchev–Trinajstić information content (AvgIpc) is 2.15. The lowest BCUT2D eigenvalue weighted by molar-refractivity contribution is -0.143. The van der Waals surface area contributed by atoms with Crippen molar-refractivity contribution in [1.82, 2.24) is 4.98 Å². The molecule has 16 heavy (non-hydrogen) atoms. The van der Waals surface area contributed by atoms with Crippen molar-refractivity contribution < 1.29 is 9.90 Å². The third-order valence-corrected chi connectivity index (χ3v) is 3.25. The van der Waals surface area contributed by atoms with Crippen LogP contribution in [0.15, 0.2) is 18.3 Å². The maximum atomic E-state index is 10.8. The normalized spacial score (nSPS) is 18.0. The Bertz CT molecular complexity index is 400. The number of carbonyl (C=O) groups is 1. The van der Waals surface area contributed by atoms with E-state index in [2.05, 4.69) is 9.88 Å². The Morgan fingerprint density at radius 3 is 2.88 bits per heavy atom. The Kier molecular flexibility index (Phi) is 2.81. The van der Waals surface area contributed by atoms with E-state index in [1.165, 1.54) is 0 Å². The van der Waals surface area contributed by atoms with Crippen LogP contribution in [-0.2, 0) is 4.79 Å². The van der Waals surface area contributed by atoms with Crippen LogP contribution in [-0.4, -0.2) is 29.1 Å². The molecule has 4 nitrogen and oxygen atoms in total. The molecule has 1 aromatic heterocycles. The summed E-state index contributed by atoms with van der Waals surface area (Å²) in [6, 6.07) is 4.00. The molecule has 4 heteroatoms. The molecule has 0 bridgehead atoms. The number of carboxylic acid groups (broad SMARTS) is 1. The van der Waals surface area contributed by atoms with Crippen molar-refractivity contribution in [3.05, 3.63) is 24.0 Å². The number of hydrogen-bond acceptors (Lipinski definition) is 3. The van der Waals surface area contributed by atoms with Gasteiger partial charge in [-0.05, 0) is 19.1 Å². The zero-order valence-electron chi connectivity index (χ0n) is 9.55. The third kappa shape index (κ3) is 2.01. The van der Waals surface area contributed by atoms with Crippen LogP contribution in [0.5, 0.6) is 0 Å². The van der Waals surface area contributed by atoms with E-state index in [1.807, 2.05) is 19.1 Å². The van der Waals surface area contributed by atoms with E-state index in [9.17, 15) is 4.79 Å². The van der Waals surface area contributed by atoms with Crippen LogP contribution in [0.1, 0.15) is 12.6 Å². The minimum atomic E-state index is -0.699. The summed E-state index contributed by atoms with van der Waals surface area (Å²) in [5.74, 6) is -0.680. The second-order valence-corrected chi connectivity index (χ2v) is 4.45. The predicted octanol–water partition coefficient (Wildman–Crippen LogP) is 1.55. The second kappa shape index (κ2) is 4.12. The summed E-state index contributed by atoms with van der Waals surface area (Å²) in [4.78, 5) is 17.1. The van der Waals surface area contributed by atoms with Gasteiger partial charge >= 0.3 is 5.97 Å². The molecule has 1 atom stereocenters. The predicted molar refractivity (Wildman–Crippen MR) is 61.5 cm³/mol. The number of carboxylic acids is 1. The SMILES string of the molecule is Cc1cc(N2CC(C(C)C(=O)O)C2)ccn1. The number of rotatable bonds is 3. The summed E-state index contributed by atoms with van der Waals surface area (Å²) < 4.78 is 0. The fraction of sp³-hybridized carbons (Fsp3) is 0.500. The smallest absolute Gasteiger partial charge is 0.306 e. The topological polar surface area (TPSA) is 53.4 Å². The highest BCUT2D eigenvalue weighted by Gasteiger charge is 2.34. The number of hydrogen-bond donors (Lipinski definition) is 1. The number of nitrogens with zero attached hydrogens (tertiary/aromatic N) is 2. The Labute approximate surface area is 94.9 Å². The number of aryl methyl sites for hydroxylation is 1. The van der Waals surface area contributed by atoms with Gasteiger partial charge in [0.15, 0.2) is 0 Å². The molecule has 1 aliphatic rings. The van der Waals surface area contributed by atoms with Gasteiger partial charge in [0.25, 0.3) is 0 Å². The molecule has 0 aliphatic carbocycles. The van der Waals surface area contributed by atoms with Crippen LogP contribution in [0, 0.1) is 18.8 Å². The first-order valence-electron chi connectivity index (χ1n) is 5.48. The Morgan fingerprint density at radius 1 is 1.62 bits per heavy atom. The van der Waals surface area contributed by atoms with Crippen molar-refractivity contribution in [2.75, 3.05) is 18.0 Å². The van der Waals surface area contributed by atoms with Crippen molar-refractivity contribution in [2.24, 2.45) is 11.8 Å². The molecule has 1 unspecified atom stereocenters. The van der Waals surface area contributed by atoms with Gasteiger partial charge in [0, 0.05) is 36.6 Å². The van der Waals surface area contributed by atoms with Gasteiger partial charge in [0.2, 0.25) is 0 Å². The largest absolute Gasteiger partial charge is 0.481 e. The highest BCUT2D eigenvalue weighted by molar-refractivity contribution is 5.70. The zero-order valence-corrected chi connectivity index (χ0v) is 9.55. The van der Waals surface area contributed by atoms with Gasteiger partial charge in [-0.2, -0.15) is 0 Å². The molecular formula is C12H16N2O2. The minimum absolute atomic E-state index is 0.251. The summed E-state index contributed by atoms with van der Waals surface area (Å²) in [5, 5.41) is 8.89. The zero-order chi connectivity index (χ0) is 11.7. The van der Waals surface area contributed by atoms with E-state index < -0.39 is 5.97 Å². The molecule has 0 saturated carbocycles. The summed E-state index contributed by atoms with van der Waals surface area (Å²) >= 11 is 0. The lowest BCUT2D eigenvalue weighted by Crippen LogP contribution is -2.51. The van der Waals surface area contributed by atoms with E-state index >= 15 is 0 Å². The van der Waals surface area contributed by atoms with Crippen LogP contribution in [0.4, 0.5) is 5.69 Å². The summed E-state index contributed by atoms with van der Waals surface area (Å²) in [5.41, 5.74) is 2.13. The third-order valence-electron chi connectivity index (χ3n) is 3.25. The first-order valence-corrected chi connectivity index (χ1v) is 5.48. The molecule has 2 rings (SSSR count). The monoisotopic (exact) mass is 220 g/mol. The molecule has 1 saturated heterocycles. The number of aliphatic carboxylic acids is 1. The first kappa shape index (κ1) is 10.9. The van der Waals surface area contributed by atoms with Gasteiger partial charge in [0.1, 0.15) is 0 Å². The van der Waals surface area contributed by atoms with Crippen LogP contribution in [0.3, 0.4) is 0 Å². The van der Waals surface area contributed by atoms with Crippen molar-refractivity contribution in [3.8, 4) is 0 Å². The fourth-order valence-corrected chi connectivity index (χ4v) is 1.97. The number of aromatic nitrogens is 1. The van der Waals surface area contributed by atoms with Gasteiger partial charge in [-0.3, -0.25) is 9.78 Å². The van der Waals surface area contributed by atoms with Crippen molar-refractivity contribution in [2.45, 2.75) is 13.8 Å². The first-order chi connectivity index (χ1) is 7.58. The average molecular weight is 220 g/mol. The Balaban J connectivity index is 1.96. The maximum Gasteiger partial charge on any atom is 0.306 e. The Morgan fingerprint density at radius 2 is 2.31 bits per heavy atom. The van der Waals surface area contributed by atoms with E-state index in [1.54, 1.807) is 13.1 Å². The van der Waals surface area contributed by atoms with Crippen LogP contribution in [0.25, 0.3) is 0 Å². The van der Waals surface area contributed by atoms with Crippen molar-refractivity contribution >= 4 is 11.7 Å². The van der Waals surface area contributed by atoms with Gasteiger partial charge in [-0.25, -0.2) is 0 Å². The Hall–Kier alpha value is -1.58. The van der Waals surface area contributed by atoms with Crippen molar-refractivity contribution in [1.29, 1.82) is 0 Å². The summed E-state index contributed by atoms with van der Waals surface area (Å²) in [7, 11) is 0. The quantitative estimate of drug-likeness (QED) is 0.839. The molecule has 0 aromatic carbocycles. The molecule has 1 N–H and O–H groups in total. The fourth-order valence-electron chi connectivity index (χ4n) is 1.97. The van der Waals surface area contributed by atoms with E-state index in [4.69, 9.17) is 5.11 Å². The van der Waals surface area contributed by atoms with E-state index in [-0.39, 0.29) is 11.8 Å². The van der Waals surface area contributed by atoms with Gasteiger partial charge in [0.05, 0.1) is 5.92 Å². The van der Waals surface area contributed by atoms with E-state index in [0.29, 0.717) is 0 Å². The number of anilines is 1. The van der Waals surface area contributed by atoms with Gasteiger partial charge < -0.3 is 10.0 Å². The molecule has 0 spiro atoms. The molecule has 1 fully saturated rings. The van der Waals surface area contributed by atoms with Crippen LogP contribution < -0.4 is 4.90 Å². The molecule has 1 aliphatic heterocycles. The van der Waals surface area contributed by atoms with Gasteiger partial charge in [-0.15, -0.1) is 0 Å². The molecule has 86 valence electrons. The highest BCUT2D eigenvalue weighted by Crippen LogP contribution is 2.29. The maximum absolute atomic E-state index is 10.8. The molecule has 1 aromatic rings. The second-order valence-electron chi connectivity index (χ2n) is 4.45. The highest BCUT2D eigenvalue weighted by atomic mass is 16.4. The van der Waals surface area contributed by atoms with Crippen LogP contribution in [0.2, 0.25) is 0 Å². The lowest BCUT2D eigenvalue weighted by atomic mass is 9.87. The van der Waals surface area contributed by atoms with Crippen LogP contribution >= 0.6 is 0 Å².